The highest BCUT2D eigenvalue weighted by Gasteiger charge is 2.40. The number of imide groups is 1. The third-order valence-corrected chi connectivity index (χ3v) is 24.0. The minimum Gasteiger partial charge on any atom is -0.370 e. The molecule has 0 aliphatic carbocycles. The van der Waals surface area contributed by atoms with Crippen molar-refractivity contribution in [3.05, 3.63) is 252 Å². The molecule has 36 nitrogen and oxygen atoms in total. The third-order valence-electron chi connectivity index (χ3n) is 24.0. The smallest absolute Gasteiger partial charge is 0.249 e. The average Bonchev–Trinajstić information content (AvgIpc) is 1.72. The van der Waals surface area contributed by atoms with Gasteiger partial charge in [0, 0.05) is 171 Å². The van der Waals surface area contributed by atoms with Crippen LogP contribution >= 0.6 is 0 Å². The van der Waals surface area contributed by atoms with E-state index in [2.05, 4.69) is 104 Å². The Morgan fingerprint density at radius 1 is 0.237 bits per heavy atom. The molecule has 0 saturated carbocycles. The van der Waals surface area contributed by atoms with Gasteiger partial charge in [-0.1, -0.05) is 127 Å². The monoisotopic (exact) mass is 1770 g/mol. The number of hydrogen-bond donors (Lipinski definition) is 26. The fourth-order valence-corrected chi connectivity index (χ4v) is 17.3. The second kappa shape index (κ2) is 41.6. The van der Waals surface area contributed by atoms with Crippen LogP contribution in [0.25, 0.3) is 76.3 Å². The Labute approximate surface area is 750 Å². The molecule has 7 aromatic heterocycles. The number of hydrogen-bond acceptors (Lipinski definition) is 14. The summed E-state index contributed by atoms with van der Waals surface area (Å²) in [4.78, 5) is 183. The van der Waals surface area contributed by atoms with Crippen LogP contribution in [0.3, 0.4) is 0 Å². The van der Waals surface area contributed by atoms with Crippen molar-refractivity contribution in [2.24, 2.45) is 17.2 Å². The number of nitrogens with one attached hydrogen (secondary N) is 23. The first-order valence-electron chi connectivity index (χ1n) is 43.6. The van der Waals surface area contributed by atoms with E-state index in [1.54, 1.807) is 55.5 Å². The van der Waals surface area contributed by atoms with Crippen LogP contribution in [0, 0.1) is 16.2 Å². The minimum atomic E-state index is -1.64. The number of fused-ring (bicyclic) bond motifs is 7. The molecule has 10 atom stereocenters. The van der Waals surface area contributed by atoms with Crippen LogP contribution in [-0.4, -0.2) is 192 Å². The Bertz CT molecular complexity index is 6570. The van der Waals surface area contributed by atoms with Gasteiger partial charge in [0.05, 0.1) is 12.1 Å². The maximum Gasteiger partial charge on any atom is 0.249 e. The molecule has 10 amide bonds. The number of amides is 10. The van der Waals surface area contributed by atoms with Crippen molar-refractivity contribution in [1.82, 2.24) is 104 Å². The van der Waals surface area contributed by atoms with E-state index in [1.807, 2.05) is 158 Å². The summed E-state index contributed by atoms with van der Waals surface area (Å²) in [5.74, 6) is -10.3. The fourth-order valence-electron chi connectivity index (χ4n) is 17.3. The SMILES string of the molecule is N=C(N)NCCC[C@@H]1NC(=O)[C@H](CCCNC(=N)N)NC(=O)[C@H](CCCNC(=N)N)NC(=O)[C@H](Cc2c[nH]c3ccccc23)NC(=O)[C@H](Cc2c[nH]c3ccccc23)NC(=O)[C@H](Cc2c[nH]c3ccccc23)N[C@@H](Cc2c[nH]c3ccccc23)C(=O)NC(=O)[C@H](Cc2c[nH]c3ccccc23)NC(=O)[C@H](Cc2c[nH]c3ccccc23)NC(=O)[C@H](Cc2c[nH]c3ccccc23)NC1=O. The standard InChI is InChI=1S/C95H106N26O10/c96-93(97)102-35-15-32-73-83(122)114-75(34-17-37-104-95(100)101)85(124)116-79(41-55-48-108-69-28-11-4-21-62(55)69)88(127)119-81(43-57-50-110-71-30-13-6-23-64(57)71)90(129)120-82(44-58-51-111-72-31-14-7-24-65(58)72)92(131)121-91(130)77(39-53-46-106-67-26-9-2-19-60(53)67)112-76(38-52-45-105-66-25-8-1-18-59(52)66)86(125)117-80(42-56-49-109-70-29-12-5-22-63(56)70)89(128)118-78(40-54-47-107-68-27-10-3-20-61(54)68)87(126)115-74(84(123)113-73)33-16-36-103-94(98)99/h1-14,18-31,45-51,73-82,105-112H,15-17,32-44H2,(H,113,123)(H,114,122)(H,115,126)(H,116,124)(H,117,125)(H,118,128)(H,119,127)(H,120,129)(H4,96,97,102)(H4,98,99,103)(H4,100,101,104)(H,121,130,131)/t73-,74-,75-,76-,77-,78-,79-,80-,81-,82-/m0/s1. The molecule has 36 heteroatoms. The highest BCUT2D eigenvalue weighted by Crippen LogP contribution is 2.29. The van der Waals surface area contributed by atoms with Gasteiger partial charge in [-0.15, -0.1) is 0 Å². The number of para-hydroxylation sites is 7. The molecule has 1 aliphatic heterocycles. The summed E-state index contributed by atoms with van der Waals surface area (Å²) in [7, 11) is 0. The van der Waals surface area contributed by atoms with Crippen molar-refractivity contribution >= 4 is 153 Å². The highest BCUT2D eigenvalue weighted by molar-refractivity contribution is 6.05. The molecule has 29 N–H and O–H groups in total. The van der Waals surface area contributed by atoms with Gasteiger partial charge in [0.25, 0.3) is 0 Å². The zero-order valence-corrected chi connectivity index (χ0v) is 71.6. The van der Waals surface area contributed by atoms with E-state index in [0.29, 0.717) is 110 Å². The summed E-state index contributed by atoms with van der Waals surface area (Å²) in [6, 6.07) is 35.7. The third kappa shape index (κ3) is 22.3. The first-order chi connectivity index (χ1) is 63.5. The number of guanidine groups is 3. The molecule has 7 aromatic carbocycles. The molecule has 1 saturated heterocycles. The molecule has 0 unspecified atom stereocenters. The van der Waals surface area contributed by atoms with Gasteiger partial charge in [0.2, 0.25) is 59.1 Å². The summed E-state index contributed by atoms with van der Waals surface area (Å²) < 4.78 is 0. The van der Waals surface area contributed by atoms with Crippen LogP contribution in [0.2, 0.25) is 0 Å². The summed E-state index contributed by atoms with van der Waals surface area (Å²) in [6.45, 7) is 0.0425. The fraction of sp³-hybridized carbons (Fsp3) is 0.274. The van der Waals surface area contributed by atoms with Crippen LogP contribution in [-0.2, 0) is 92.9 Å². The lowest BCUT2D eigenvalue weighted by atomic mass is 9.98. The van der Waals surface area contributed by atoms with Gasteiger partial charge in [-0.05, 0) is 133 Å². The normalized spacial score (nSPS) is 20.0. The van der Waals surface area contributed by atoms with Crippen molar-refractivity contribution in [2.45, 2.75) is 144 Å². The van der Waals surface area contributed by atoms with E-state index in [4.69, 9.17) is 33.4 Å². The summed E-state index contributed by atoms with van der Waals surface area (Å²) in [6.07, 6.45) is 10.0. The first-order valence-corrected chi connectivity index (χ1v) is 43.6. The number of nitrogens with two attached hydrogens (primary N) is 3. The maximum absolute atomic E-state index is 16.4. The number of carbonyl (C=O) groups excluding carboxylic acids is 10. The van der Waals surface area contributed by atoms with Gasteiger partial charge in [0.15, 0.2) is 17.9 Å². The van der Waals surface area contributed by atoms with Crippen LogP contribution in [0.15, 0.2) is 213 Å². The van der Waals surface area contributed by atoms with Crippen LogP contribution < -0.4 is 86.3 Å². The molecule has 676 valence electrons. The number of aromatic nitrogens is 7. The summed E-state index contributed by atoms with van der Waals surface area (Å²) in [5.41, 5.74) is 26.1. The Balaban J connectivity index is 0.872. The number of H-pyrrole nitrogens is 7. The Hall–Kier alpha value is -16.0. The molecule has 8 heterocycles. The minimum absolute atomic E-state index is 0.0125. The van der Waals surface area contributed by atoms with Crippen molar-refractivity contribution < 1.29 is 47.9 Å². The maximum atomic E-state index is 16.4. The molecule has 0 bridgehead atoms. The topological polar surface area (TPSA) is 587 Å². The van der Waals surface area contributed by atoms with Gasteiger partial charge in [-0.25, -0.2) is 0 Å². The number of benzene rings is 7. The predicted octanol–water partition coefficient (Wildman–Crippen LogP) is 4.71. The van der Waals surface area contributed by atoms with Gasteiger partial charge in [-0.2, -0.15) is 0 Å². The molecule has 1 fully saturated rings. The van der Waals surface area contributed by atoms with Gasteiger partial charge in [0.1, 0.15) is 48.3 Å². The molecule has 131 heavy (non-hydrogen) atoms. The summed E-state index contributed by atoms with van der Waals surface area (Å²) >= 11 is 0. The lowest BCUT2D eigenvalue weighted by Gasteiger charge is -2.29. The van der Waals surface area contributed by atoms with Gasteiger partial charge < -0.3 is 111 Å². The van der Waals surface area contributed by atoms with Crippen LogP contribution in [0.5, 0.6) is 0 Å². The average molecular weight is 1770 g/mol. The lowest BCUT2D eigenvalue weighted by molar-refractivity contribution is -0.137. The van der Waals surface area contributed by atoms with Crippen molar-refractivity contribution in [1.29, 1.82) is 16.2 Å². The molecule has 14 aromatic rings. The molecule has 0 radical (unpaired) electrons. The van der Waals surface area contributed by atoms with E-state index in [1.165, 1.54) is 0 Å². The summed E-state index contributed by atoms with van der Waals surface area (Å²) in [5, 5.41) is 66.5. The quantitative estimate of drug-likeness (QED) is 0.0151. The first kappa shape index (κ1) is 89.8. The lowest BCUT2D eigenvalue weighted by Crippen LogP contribution is -2.62. The number of rotatable bonds is 26. The van der Waals surface area contributed by atoms with E-state index in [9.17, 15) is 0 Å². The Kier molecular flexibility index (Phi) is 28.5. The van der Waals surface area contributed by atoms with E-state index in [0.717, 1.165) is 5.39 Å². The van der Waals surface area contributed by atoms with E-state index < -0.39 is 131 Å². The molecular weight excluding hydrogens is 1670 g/mol. The zero-order chi connectivity index (χ0) is 91.6. The van der Waals surface area contributed by atoms with Crippen molar-refractivity contribution in [2.75, 3.05) is 19.6 Å². The molecule has 1 aliphatic rings. The number of aromatic amines is 7. The second-order valence-corrected chi connectivity index (χ2v) is 33.0. The second-order valence-electron chi connectivity index (χ2n) is 33.0. The Morgan fingerprint density at radius 2 is 0.405 bits per heavy atom. The van der Waals surface area contributed by atoms with Gasteiger partial charge in [-0.3, -0.25) is 74.8 Å². The number of carbonyl (C=O) groups is 10. The van der Waals surface area contributed by atoms with E-state index >= 15 is 47.9 Å². The zero-order valence-electron chi connectivity index (χ0n) is 71.6. The largest absolute Gasteiger partial charge is 0.370 e. The van der Waals surface area contributed by atoms with Crippen LogP contribution in [0.4, 0.5) is 0 Å². The highest BCUT2D eigenvalue weighted by atomic mass is 16.2. The van der Waals surface area contributed by atoms with Gasteiger partial charge >= 0.3 is 0 Å². The molecular formula is C95H106N26O10. The van der Waals surface area contributed by atoms with E-state index in [-0.39, 0.29) is 109 Å². The predicted molar refractivity (Wildman–Crippen MR) is 501 cm³/mol. The Morgan fingerprint density at radius 3 is 0.626 bits per heavy atom. The molecule has 0 spiro atoms. The van der Waals surface area contributed by atoms with Crippen molar-refractivity contribution in [3.63, 3.8) is 0 Å². The van der Waals surface area contributed by atoms with Crippen molar-refractivity contribution in [3.8, 4) is 0 Å². The van der Waals surface area contributed by atoms with Crippen LogP contribution in [0.1, 0.15) is 77.5 Å². The molecule has 15 rings (SSSR count).